The quantitative estimate of drug-likeness (QED) is 0.887. The van der Waals surface area contributed by atoms with Gasteiger partial charge < -0.3 is 15.8 Å². The number of hydrogen-bond acceptors (Lipinski definition) is 3. The second-order valence-corrected chi connectivity index (χ2v) is 6.38. The van der Waals surface area contributed by atoms with Crippen LogP contribution in [0.1, 0.15) is 44.5 Å². The Morgan fingerprint density at radius 2 is 2.15 bits per heavy atom. The van der Waals surface area contributed by atoms with Crippen LogP contribution >= 0.6 is 0 Å². The number of nitrogens with two attached hydrogens (primary N) is 1. The molecule has 2 atom stereocenters. The highest BCUT2D eigenvalue weighted by Gasteiger charge is 2.46. The third-order valence-corrected chi connectivity index (χ3v) is 4.12. The predicted molar refractivity (Wildman–Crippen MR) is 79.8 cm³/mol. The van der Waals surface area contributed by atoms with Crippen molar-refractivity contribution in [2.24, 2.45) is 11.1 Å². The van der Waals surface area contributed by atoms with Gasteiger partial charge in [0.05, 0.1) is 6.10 Å². The molecule has 1 amide bonds. The van der Waals surface area contributed by atoms with E-state index in [0.29, 0.717) is 5.56 Å². The highest BCUT2D eigenvalue weighted by molar-refractivity contribution is 5.94. The molecule has 0 bridgehead atoms. The van der Waals surface area contributed by atoms with Crippen LogP contribution in [0.2, 0.25) is 0 Å². The van der Waals surface area contributed by atoms with Crippen LogP contribution in [-0.2, 0) is 0 Å². The summed E-state index contributed by atoms with van der Waals surface area (Å²) in [6, 6.07) is 7.57. The molecule has 1 fully saturated rings. The summed E-state index contributed by atoms with van der Waals surface area (Å²) in [6.07, 6.45) is 0.929. The molecular formula is C16H24N2O2. The van der Waals surface area contributed by atoms with E-state index < -0.39 is 0 Å². The molecule has 1 saturated carbocycles. The normalized spacial score (nSPS) is 24.1. The fourth-order valence-electron chi connectivity index (χ4n) is 2.43. The van der Waals surface area contributed by atoms with Crippen molar-refractivity contribution >= 4 is 5.91 Å². The van der Waals surface area contributed by atoms with Crippen molar-refractivity contribution in [2.45, 2.75) is 52.3 Å². The molecule has 0 saturated heterocycles. The fourth-order valence-corrected chi connectivity index (χ4v) is 2.43. The van der Waals surface area contributed by atoms with Crippen molar-refractivity contribution in [3.8, 4) is 5.75 Å². The van der Waals surface area contributed by atoms with Gasteiger partial charge >= 0.3 is 0 Å². The highest BCUT2D eigenvalue weighted by Crippen LogP contribution is 2.39. The van der Waals surface area contributed by atoms with Crippen LogP contribution in [-0.4, -0.2) is 24.1 Å². The minimum Gasteiger partial charge on any atom is -0.491 e. The SMILES string of the molecule is CC(C)Oc1cccc(C(=O)NC2CC(N)C2(C)C)c1. The Morgan fingerprint density at radius 3 is 2.70 bits per heavy atom. The molecule has 1 aliphatic carbocycles. The first-order valence-electron chi connectivity index (χ1n) is 7.14. The Labute approximate surface area is 120 Å². The topological polar surface area (TPSA) is 64.3 Å². The average molecular weight is 276 g/mol. The highest BCUT2D eigenvalue weighted by atomic mass is 16.5. The fraction of sp³-hybridized carbons (Fsp3) is 0.562. The maximum Gasteiger partial charge on any atom is 0.251 e. The maximum atomic E-state index is 12.3. The van der Waals surface area contributed by atoms with E-state index in [0.717, 1.165) is 12.2 Å². The van der Waals surface area contributed by atoms with E-state index >= 15 is 0 Å². The molecule has 4 heteroatoms. The van der Waals surface area contributed by atoms with Crippen LogP contribution in [0.5, 0.6) is 5.75 Å². The van der Waals surface area contributed by atoms with Crippen LogP contribution in [0.25, 0.3) is 0 Å². The molecule has 1 aliphatic rings. The summed E-state index contributed by atoms with van der Waals surface area (Å²) in [7, 11) is 0. The molecule has 2 unspecified atom stereocenters. The standard InChI is InChI=1S/C16H24N2O2/c1-10(2)20-12-7-5-6-11(8-12)15(19)18-14-9-13(17)16(14,3)4/h5-8,10,13-14H,9,17H2,1-4H3,(H,18,19). The van der Waals surface area contributed by atoms with Gasteiger partial charge in [-0.1, -0.05) is 19.9 Å². The molecule has 1 aromatic carbocycles. The first kappa shape index (κ1) is 14.9. The third-order valence-electron chi connectivity index (χ3n) is 4.12. The van der Waals surface area contributed by atoms with Crippen molar-refractivity contribution < 1.29 is 9.53 Å². The number of hydrogen-bond donors (Lipinski definition) is 2. The zero-order valence-corrected chi connectivity index (χ0v) is 12.6. The van der Waals surface area contributed by atoms with E-state index in [1.165, 1.54) is 0 Å². The second kappa shape index (κ2) is 5.44. The zero-order valence-electron chi connectivity index (χ0n) is 12.6. The minimum atomic E-state index is -0.0656. The van der Waals surface area contributed by atoms with Gasteiger partial charge in [0.15, 0.2) is 0 Å². The number of amides is 1. The van der Waals surface area contributed by atoms with Crippen molar-refractivity contribution in [2.75, 3.05) is 0 Å². The predicted octanol–water partition coefficient (Wildman–Crippen LogP) is 2.33. The molecule has 0 aromatic heterocycles. The van der Waals surface area contributed by atoms with Crippen molar-refractivity contribution in [3.05, 3.63) is 29.8 Å². The second-order valence-electron chi connectivity index (χ2n) is 6.38. The van der Waals surface area contributed by atoms with E-state index in [1.807, 2.05) is 26.0 Å². The summed E-state index contributed by atoms with van der Waals surface area (Å²) < 4.78 is 5.61. The lowest BCUT2D eigenvalue weighted by atomic mass is 9.63. The summed E-state index contributed by atoms with van der Waals surface area (Å²) in [6.45, 7) is 8.10. The van der Waals surface area contributed by atoms with Gasteiger partial charge in [0.1, 0.15) is 5.75 Å². The molecule has 0 heterocycles. The Bertz CT molecular complexity index is 497. The van der Waals surface area contributed by atoms with Gasteiger partial charge in [0.2, 0.25) is 0 Å². The van der Waals surface area contributed by atoms with Gasteiger partial charge in [-0.3, -0.25) is 4.79 Å². The van der Waals surface area contributed by atoms with Crippen molar-refractivity contribution in [1.82, 2.24) is 5.32 Å². The van der Waals surface area contributed by atoms with Crippen LogP contribution in [0, 0.1) is 5.41 Å². The summed E-state index contributed by atoms with van der Waals surface area (Å²) >= 11 is 0. The van der Waals surface area contributed by atoms with E-state index in [9.17, 15) is 4.79 Å². The molecule has 4 nitrogen and oxygen atoms in total. The van der Waals surface area contributed by atoms with Gasteiger partial charge in [0.25, 0.3) is 5.91 Å². The summed E-state index contributed by atoms with van der Waals surface area (Å²) in [5.74, 6) is 0.654. The Kier molecular flexibility index (Phi) is 4.04. The number of benzene rings is 1. The molecule has 0 radical (unpaired) electrons. The Balaban J connectivity index is 2.03. The van der Waals surface area contributed by atoms with Gasteiger partial charge in [-0.15, -0.1) is 0 Å². The van der Waals surface area contributed by atoms with E-state index in [2.05, 4.69) is 19.2 Å². The summed E-state index contributed by atoms with van der Waals surface area (Å²) in [5.41, 5.74) is 6.55. The van der Waals surface area contributed by atoms with Crippen LogP contribution < -0.4 is 15.8 Å². The van der Waals surface area contributed by atoms with Crippen LogP contribution in [0.3, 0.4) is 0 Å². The number of carbonyl (C=O) groups excluding carboxylic acids is 1. The molecule has 110 valence electrons. The van der Waals surface area contributed by atoms with E-state index in [-0.39, 0.29) is 29.5 Å². The Morgan fingerprint density at radius 1 is 1.45 bits per heavy atom. The van der Waals surface area contributed by atoms with E-state index in [1.54, 1.807) is 12.1 Å². The lowest BCUT2D eigenvalue weighted by molar-refractivity contribution is 0.0586. The van der Waals surface area contributed by atoms with Crippen molar-refractivity contribution in [3.63, 3.8) is 0 Å². The summed E-state index contributed by atoms with van der Waals surface area (Å²) in [5, 5.41) is 3.06. The van der Waals surface area contributed by atoms with Crippen molar-refractivity contribution in [1.29, 1.82) is 0 Å². The molecule has 0 aliphatic heterocycles. The minimum absolute atomic E-state index is 0.0400. The zero-order chi connectivity index (χ0) is 14.9. The molecule has 3 N–H and O–H groups in total. The first-order chi connectivity index (χ1) is 9.30. The van der Waals surface area contributed by atoms with Gasteiger partial charge in [0, 0.05) is 23.1 Å². The lowest BCUT2D eigenvalue weighted by Crippen LogP contribution is -2.64. The maximum absolute atomic E-state index is 12.3. The first-order valence-corrected chi connectivity index (χ1v) is 7.14. The molecule has 20 heavy (non-hydrogen) atoms. The molecule has 0 spiro atoms. The monoisotopic (exact) mass is 276 g/mol. The van der Waals surface area contributed by atoms with Gasteiger partial charge in [-0.25, -0.2) is 0 Å². The number of rotatable bonds is 4. The van der Waals surface area contributed by atoms with Gasteiger partial charge in [-0.2, -0.15) is 0 Å². The van der Waals surface area contributed by atoms with E-state index in [4.69, 9.17) is 10.5 Å². The van der Waals surface area contributed by atoms with Crippen LogP contribution in [0.4, 0.5) is 0 Å². The smallest absolute Gasteiger partial charge is 0.251 e. The molecular weight excluding hydrogens is 252 g/mol. The number of carbonyl (C=O) groups is 1. The van der Waals surface area contributed by atoms with Gasteiger partial charge in [-0.05, 0) is 38.5 Å². The number of ether oxygens (including phenoxy) is 1. The molecule has 1 aromatic rings. The summed E-state index contributed by atoms with van der Waals surface area (Å²) in [4.78, 5) is 12.3. The Hall–Kier alpha value is -1.55. The van der Waals surface area contributed by atoms with Crippen LogP contribution in [0.15, 0.2) is 24.3 Å². The average Bonchev–Trinajstić information content (AvgIpc) is 2.37. The third kappa shape index (κ3) is 2.96. The number of nitrogens with one attached hydrogen (secondary N) is 1. The largest absolute Gasteiger partial charge is 0.491 e. The molecule has 2 rings (SSSR count). The lowest BCUT2D eigenvalue weighted by Gasteiger charge is -2.50.